The van der Waals surface area contributed by atoms with Gasteiger partial charge in [-0.3, -0.25) is 39.6 Å². The molecular weight excluding hydrogens is 834 g/mol. The van der Waals surface area contributed by atoms with Crippen LogP contribution in [-0.2, 0) is 41.1 Å². The molecule has 7 aliphatic rings. The number of likely N-dealkylation sites (tertiary alicyclic amines) is 2. The Balaban J connectivity index is 1.27. The highest BCUT2D eigenvalue weighted by molar-refractivity contribution is 9.10. The number of hydrogen-bond acceptors (Lipinski definition) is 9. The van der Waals surface area contributed by atoms with Gasteiger partial charge in [-0.1, -0.05) is 78.3 Å². The van der Waals surface area contributed by atoms with Crippen LogP contribution in [0.5, 0.6) is 0 Å². The molecule has 4 bridgehead atoms. The van der Waals surface area contributed by atoms with Crippen LogP contribution in [-0.4, -0.2) is 93.1 Å². The third-order valence-corrected chi connectivity index (χ3v) is 15.1. The number of primary amides is 2. The van der Waals surface area contributed by atoms with Gasteiger partial charge < -0.3 is 26.6 Å². The molecule has 3 aliphatic heterocycles. The van der Waals surface area contributed by atoms with E-state index >= 15 is 0 Å². The number of imide groups is 2. The average molecular weight is 885 g/mol. The minimum Gasteiger partial charge on any atom is -0.465 e. The summed E-state index contributed by atoms with van der Waals surface area (Å²) in [5, 5.41) is 24.4. The number of carboxylic acid groups (broad SMARTS) is 2. The van der Waals surface area contributed by atoms with E-state index in [2.05, 4.69) is 41.3 Å². The Labute approximate surface area is 355 Å². The summed E-state index contributed by atoms with van der Waals surface area (Å²) in [5.41, 5.74) is 9.65. The number of nitrogens with zero attached hydrogens (tertiary/aromatic N) is 3. The van der Waals surface area contributed by atoms with E-state index in [9.17, 15) is 39.0 Å². The second kappa shape index (κ2) is 15.0. The van der Waals surface area contributed by atoms with Gasteiger partial charge in [-0.05, 0) is 98.1 Å². The summed E-state index contributed by atoms with van der Waals surface area (Å²) in [6.07, 6.45) is 0.620. The van der Waals surface area contributed by atoms with Crippen molar-refractivity contribution in [3.8, 4) is 0 Å². The predicted octanol–water partition coefficient (Wildman–Crippen LogP) is 4.39. The first-order valence-corrected chi connectivity index (χ1v) is 21.2. The SMILES string of the molecule is CC1(CC(N)=O)c2ccc(cc2)[C@]1(C(=O)NC(=O)O)N1CCCC1[C@@H]1CC[C@@H](C2CCCN2[C@@]2(C(=O)NC(=O)O)c3ccc(cc3)C2(C)CC(N)=O)N1c1ccc(Br)cc1. The molecule has 316 valence electrons. The Morgan fingerprint density at radius 1 is 0.600 bits per heavy atom. The van der Waals surface area contributed by atoms with Gasteiger partial charge in [0.2, 0.25) is 11.8 Å². The van der Waals surface area contributed by atoms with Crippen LogP contribution >= 0.6 is 15.9 Å². The zero-order chi connectivity index (χ0) is 42.9. The summed E-state index contributed by atoms with van der Waals surface area (Å²) < 4.78 is 0.872. The maximum Gasteiger partial charge on any atom is 0.411 e. The molecular formula is C44H50BrN7O8. The first kappa shape index (κ1) is 41.4. The molecule has 16 heteroatoms. The summed E-state index contributed by atoms with van der Waals surface area (Å²) in [6.45, 7) is 4.51. The molecule has 60 heavy (non-hydrogen) atoms. The van der Waals surface area contributed by atoms with Crippen molar-refractivity contribution >= 4 is 57.4 Å². The molecule has 3 fully saturated rings. The Morgan fingerprint density at radius 2 is 0.967 bits per heavy atom. The molecule has 0 radical (unpaired) electrons. The zero-order valence-electron chi connectivity index (χ0n) is 33.5. The second-order valence-electron chi connectivity index (χ2n) is 17.4. The molecule has 0 spiro atoms. The molecule has 8 atom stereocenters. The number of rotatable bonds is 11. The lowest BCUT2D eigenvalue weighted by molar-refractivity contribution is -0.144. The summed E-state index contributed by atoms with van der Waals surface area (Å²) >= 11 is 3.60. The molecule has 3 saturated heterocycles. The van der Waals surface area contributed by atoms with E-state index in [-0.39, 0.29) is 37.0 Å². The molecule has 0 aromatic heterocycles. The Bertz CT molecular complexity index is 2120. The topological polar surface area (TPSA) is 229 Å². The lowest BCUT2D eigenvalue weighted by Gasteiger charge is -2.58. The maximum absolute atomic E-state index is 14.8. The fraction of sp³-hybridized carbons (Fsp3) is 0.455. The summed E-state index contributed by atoms with van der Waals surface area (Å²) in [4.78, 5) is 86.6. The van der Waals surface area contributed by atoms with Crippen molar-refractivity contribution < 1.29 is 39.0 Å². The molecule has 3 heterocycles. The van der Waals surface area contributed by atoms with Crippen LogP contribution in [0.2, 0.25) is 0 Å². The Kier molecular flexibility index (Phi) is 10.3. The smallest absolute Gasteiger partial charge is 0.411 e. The zero-order valence-corrected chi connectivity index (χ0v) is 35.1. The lowest BCUT2D eigenvalue weighted by atomic mass is 9.56. The highest BCUT2D eigenvalue weighted by atomic mass is 79.9. The number of halogens is 1. The molecule has 4 unspecified atom stereocenters. The van der Waals surface area contributed by atoms with Crippen molar-refractivity contribution in [2.75, 3.05) is 18.0 Å². The quantitative estimate of drug-likeness (QED) is 0.158. The molecule has 3 aromatic rings. The van der Waals surface area contributed by atoms with E-state index in [1.165, 1.54) is 0 Å². The van der Waals surface area contributed by atoms with Crippen molar-refractivity contribution in [2.45, 2.75) is 111 Å². The lowest BCUT2D eigenvalue weighted by Crippen LogP contribution is -2.72. The minimum atomic E-state index is -1.60. The third kappa shape index (κ3) is 5.96. The number of carbonyl (C=O) groups is 6. The summed E-state index contributed by atoms with van der Waals surface area (Å²) in [7, 11) is 0. The van der Waals surface area contributed by atoms with Gasteiger partial charge in [0.05, 0.1) is 0 Å². The highest BCUT2D eigenvalue weighted by Crippen LogP contribution is 2.58. The largest absolute Gasteiger partial charge is 0.465 e. The van der Waals surface area contributed by atoms with Crippen LogP contribution in [0, 0.1) is 0 Å². The summed E-state index contributed by atoms with van der Waals surface area (Å²) in [6, 6.07) is 21.6. The minimum absolute atomic E-state index is 0.206. The van der Waals surface area contributed by atoms with Gasteiger partial charge in [0.25, 0.3) is 11.8 Å². The molecule has 15 nitrogen and oxygen atoms in total. The standard InChI is InChI=1S/C44H50BrN7O8/c1-41(23-35(46)53)25-7-11-27(12-8-25)43(41,37(55)48-39(57)58)50-21-3-5-31(50)33-19-20-34(52(33)30-17-15-29(45)16-18-30)32-6-4-22-51(32)44(38(56)49-40(59)60)28-13-9-26(10-14-28)42(44,2)24-36(47)54/h7-18,31-34H,3-6,19-24H2,1-2H3,(H2,46,53)(H2,47,54)(H,48,55)(H,49,56)(H,57,58)(H,59,60)/t31?,32?,33-,34-,41?,42?,43+,44+/m0/s1. The Hall–Kier alpha value is -5.32. The van der Waals surface area contributed by atoms with Crippen LogP contribution in [0.25, 0.3) is 0 Å². The molecule has 10 rings (SSSR count). The van der Waals surface area contributed by atoms with E-state index in [0.717, 1.165) is 10.2 Å². The normalized spacial score (nSPS) is 31.9. The fourth-order valence-corrected chi connectivity index (χ4v) is 12.8. The summed E-state index contributed by atoms with van der Waals surface area (Å²) in [5.74, 6) is -2.74. The first-order valence-electron chi connectivity index (χ1n) is 20.5. The first-order chi connectivity index (χ1) is 28.5. The number of nitrogens with two attached hydrogens (primary N) is 2. The van der Waals surface area contributed by atoms with Gasteiger partial charge in [-0.25, -0.2) is 9.59 Å². The van der Waals surface area contributed by atoms with Crippen LogP contribution in [0.15, 0.2) is 77.3 Å². The molecule has 0 saturated carbocycles. The molecule has 3 aromatic carbocycles. The number of hydrogen-bond donors (Lipinski definition) is 6. The molecule has 8 N–H and O–H groups in total. The van der Waals surface area contributed by atoms with Crippen molar-refractivity contribution in [3.63, 3.8) is 0 Å². The van der Waals surface area contributed by atoms with Gasteiger partial charge in [-0.2, -0.15) is 0 Å². The van der Waals surface area contributed by atoms with Crippen LogP contribution < -0.4 is 27.0 Å². The number of benzene rings is 3. The number of anilines is 1. The number of fused-ring (bicyclic) bond motifs is 6. The van der Waals surface area contributed by atoms with Gasteiger partial charge in [-0.15, -0.1) is 0 Å². The number of amides is 6. The van der Waals surface area contributed by atoms with E-state index in [4.69, 9.17) is 11.5 Å². The fourth-order valence-electron chi connectivity index (χ4n) is 12.6. The van der Waals surface area contributed by atoms with Gasteiger partial charge in [0, 0.05) is 58.0 Å². The van der Waals surface area contributed by atoms with E-state index in [0.29, 0.717) is 73.9 Å². The van der Waals surface area contributed by atoms with Crippen molar-refractivity contribution in [1.82, 2.24) is 20.4 Å². The van der Waals surface area contributed by atoms with Crippen LogP contribution in [0.1, 0.15) is 87.5 Å². The monoisotopic (exact) mass is 883 g/mol. The molecule has 6 amide bonds. The third-order valence-electron chi connectivity index (χ3n) is 14.6. The number of nitrogens with one attached hydrogen (secondary N) is 2. The van der Waals surface area contributed by atoms with Gasteiger partial charge in [0.1, 0.15) is 11.1 Å². The average Bonchev–Trinajstić information content (AvgIpc) is 3.95. The highest BCUT2D eigenvalue weighted by Gasteiger charge is 2.67. The van der Waals surface area contributed by atoms with Crippen molar-refractivity contribution in [3.05, 3.63) is 99.5 Å². The number of carbonyl (C=O) groups excluding carboxylic acids is 4. The molecule has 4 aliphatic carbocycles. The van der Waals surface area contributed by atoms with E-state index in [1.807, 2.05) is 86.6 Å². The Morgan fingerprint density at radius 3 is 1.32 bits per heavy atom. The van der Waals surface area contributed by atoms with E-state index in [1.54, 1.807) is 0 Å². The predicted molar refractivity (Wildman–Crippen MR) is 224 cm³/mol. The van der Waals surface area contributed by atoms with Crippen molar-refractivity contribution in [2.24, 2.45) is 11.5 Å². The van der Waals surface area contributed by atoms with Gasteiger partial charge >= 0.3 is 12.2 Å². The van der Waals surface area contributed by atoms with Crippen molar-refractivity contribution in [1.29, 1.82) is 0 Å². The van der Waals surface area contributed by atoms with Gasteiger partial charge in [0.15, 0.2) is 0 Å². The van der Waals surface area contributed by atoms with Crippen LogP contribution in [0.3, 0.4) is 0 Å². The van der Waals surface area contributed by atoms with E-state index < -0.39 is 57.7 Å². The maximum atomic E-state index is 14.8. The van der Waals surface area contributed by atoms with Crippen LogP contribution in [0.4, 0.5) is 15.3 Å². The second-order valence-corrected chi connectivity index (χ2v) is 18.4.